The summed E-state index contributed by atoms with van der Waals surface area (Å²) in [5.41, 5.74) is 2.32. The predicted octanol–water partition coefficient (Wildman–Crippen LogP) is 3.22. The molecule has 0 bridgehead atoms. The van der Waals surface area contributed by atoms with Gasteiger partial charge in [0.25, 0.3) is 0 Å². The molecule has 2 atom stereocenters. The SMILES string of the molecule is Cc1ncc(-c2nc3ccc(N4CCOCC4)c(F)n3n2)c2cc(NC(=O)[C@H]3C[C@H]3C)ncc12. The zero-order chi connectivity index (χ0) is 23.4. The van der Waals surface area contributed by atoms with Gasteiger partial charge in [-0.05, 0) is 37.5 Å². The number of hydrogen-bond acceptors (Lipinski definition) is 7. The number of amides is 1. The number of nitrogens with zero attached hydrogens (tertiary/aromatic N) is 6. The number of morpholine rings is 1. The average molecular weight is 462 g/mol. The normalized spacial score (nSPS) is 20.1. The van der Waals surface area contributed by atoms with Crippen LogP contribution in [0, 0.1) is 24.7 Å². The quantitative estimate of drug-likeness (QED) is 0.466. The zero-order valence-corrected chi connectivity index (χ0v) is 19.0. The van der Waals surface area contributed by atoms with Crippen LogP contribution in [0.25, 0.3) is 27.8 Å². The molecule has 6 rings (SSSR count). The monoisotopic (exact) mass is 461 g/mol. The Labute approximate surface area is 195 Å². The number of anilines is 2. The second-order valence-electron chi connectivity index (χ2n) is 9.00. The highest BCUT2D eigenvalue weighted by atomic mass is 19.1. The van der Waals surface area contributed by atoms with Gasteiger partial charge in [0.15, 0.2) is 11.5 Å². The van der Waals surface area contributed by atoms with E-state index in [4.69, 9.17) is 4.74 Å². The van der Waals surface area contributed by atoms with E-state index in [0.29, 0.717) is 60.8 Å². The molecule has 2 aliphatic rings. The molecule has 1 aliphatic heterocycles. The van der Waals surface area contributed by atoms with E-state index in [1.165, 1.54) is 4.52 Å². The van der Waals surface area contributed by atoms with Gasteiger partial charge in [0.05, 0.1) is 18.9 Å². The van der Waals surface area contributed by atoms with Crippen LogP contribution in [0.15, 0.2) is 30.6 Å². The lowest BCUT2D eigenvalue weighted by Gasteiger charge is -2.28. The fraction of sp³-hybridized carbons (Fsp3) is 0.375. The molecule has 34 heavy (non-hydrogen) atoms. The second kappa shape index (κ2) is 7.98. The van der Waals surface area contributed by atoms with E-state index >= 15 is 4.39 Å². The Hall–Kier alpha value is -3.66. The van der Waals surface area contributed by atoms with Gasteiger partial charge in [0, 0.05) is 53.4 Å². The molecule has 9 nitrogen and oxygen atoms in total. The first-order valence-electron chi connectivity index (χ1n) is 11.4. The molecule has 0 spiro atoms. The highest BCUT2D eigenvalue weighted by Crippen LogP contribution is 2.38. The van der Waals surface area contributed by atoms with Crippen LogP contribution < -0.4 is 10.2 Å². The molecule has 1 N–H and O–H groups in total. The minimum absolute atomic E-state index is 0.0183. The summed E-state index contributed by atoms with van der Waals surface area (Å²) in [6.07, 6.45) is 4.28. The molecule has 174 valence electrons. The Morgan fingerprint density at radius 2 is 1.97 bits per heavy atom. The maximum Gasteiger partial charge on any atom is 0.239 e. The molecule has 4 aromatic heterocycles. The van der Waals surface area contributed by atoms with E-state index in [0.717, 1.165) is 22.9 Å². The number of carbonyl (C=O) groups is 1. The van der Waals surface area contributed by atoms with Gasteiger partial charge in [-0.15, -0.1) is 5.10 Å². The zero-order valence-electron chi connectivity index (χ0n) is 19.0. The molecule has 2 fully saturated rings. The van der Waals surface area contributed by atoms with Gasteiger partial charge in [-0.3, -0.25) is 9.78 Å². The minimum Gasteiger partial charge on any atom is -0.378 e. The van der Waals surface area contributed by atoms with E-state index in [1.807, 2.05) is 17.9 Å². The topological polar surface area (TPSA) is 97.5 Å². The van der Waals surface area contributed by atoms with Crippen molar-refractivity contribution < 1.29 is 13.9 Å². The predicted molar refractivity (Wildman–Crippen MR) is 125 cm³/mol. The van der Waals surface area contributed by atoms with E-state index in [1.54, 1.807) is 24.5 Å². The molecule has 0 aromatic carbocycles. The van der Waals surface area contributed by atoms with Gasteiger partial charge in [0.2, 0.25) is 11.9 Å². The Morgan fingerprint density at radius 3 is 2.74 bits per heavy atom. The fourth-order valence-corrected chi connectivity index (χ4v) is 4.48. The summed E-state index contributed by atoms with van der Waals surface area (Å²) in [6.45, 7) is 6.32. The van der Waals surface area contributed by atoms with Crippen LogP contribution in [0.1, 0.15) is 19.0 Å². The van der Waals surface area contributed by atoms with Crippen molar-refractivity contribution in [1.29, 1.82) is 0 Å². The lowest BCUT2D eigenvalue weighted by molar-refractivity contribution is -0.117. The Bertz CT molecular complexity index is 1430. The standard InChI is InChI=1S/C24H24FN7O2/c1-13-9-15(13)24(33)28-20-10-16-17(11-27-20)14(2)26-12-18(16)23-29-21-4-3-19(22(25)32(21)30-23)31-5-7-34-8-6-31/h3-4,10-13,15H,5-9H2,1-2H3,(H,27,28,33)/t13-,15+/m1/s1. The van der Waals surface area contributed by atoms with E-state index in [9.17, 15) is 4.79 Å². The van der Waals surface area contributed by atoms with Gasteiger partial charge in [0.1, 0.15) is 5.82 Å². The van der Waals surface area contributed by atoms with Gasteiger partial charge in [-0.25, -0.2) is 9.97 Å². The summed E-state index contributed by atoms with van der Waals surface area (Å²) >= 11 is 0. The Kier molecular flexibility index (Phi) is 4.91. The number of ether oxygens (including phenoxy) is 1. The lowest BCUT2D eigenvalue weighted by Crippen LogP contribution is -2.37. The van der Waals surface area contributed by atoms with Crippen molar-refractivity contribution >= 4 is 33.8 Å². The molecule has 4 aromatic rings. The molecule has 1 saturated heterocycles. The number of nitrogens with one attached hydrogen (secondary N) is 1. The van der Waals surface area contributed by atoms with Gasteiger partial charge < -0.3 is 15.0 Å². The second-order valence-corrected chi connectivity index (χ2v) is 9.00. The van der Waals surface area contributed by atoms with Crippen molar-refractivity contribution in [1.82, 2.24) is 24.6 Å². The molecule has 0 radical (unpaired) electrons. The van der Waals surface area contributed by atoms with E-state index in [-0.39, 0.29) is 11.8 Å². The number of carbonyl (C=O) groups excluding carboxylic acids is 1. The summed E-state index contributed by atoms with van der Waals surface area (Å²) in [6, 6.07) is 5.31. The van der Waals surface area contributed by atoms with Crippen molar-refractivity contribution in [3.63, 3.8) is 0 Å². The molecular formula is C24H24FN7O2. The largest absolute Gasteiger partial charge is 0.378 e. The number of rotatable bonds is 4. The number of halogens is 1. The van der Waals surface area contributed by atoms with Gasteiger partial charge >= 0.3 is 0 Å². The maximum atomic E-state index is 15.4. The van der Waals surface area contributed by atoms with Crippen molar-refractivity contribution in [2.75, 3.05) is 36.5 Å². The first-order valence-corrected chi connectivity index (χ1v) is 11.4. The molecule has 0 unspecified atom stereocenters. The number of pyridine rings is 3. The summed E-state index contributed by atoms with van der Waals surface area (Å²) in [4.78, 5) is 27.8. The van der Waals surface area contributed by atoms with Crippen LogP contribution in [0.3, 0.4) is 0 Å². The Balaban J connectivity index is 1.41. The molecule has 1 saturated carbocycles. The highest BCUT2D eigenvalue weighted by Gasteiger charge is 2.39. The van der Waals surface area contributed by atoms with Crippen LogP contribution >= 0.6 is 0 Å². The third kappa shape index (κ3) is 3.54. The van der Waals surface area contributed by atoms with Crippen LogP contribution in [-0.4, -0.2) is 56.8 Å². The van der Waals surface area contributed by atoms with Crippen molar-refractivity contribution in [2.45, 2.75) is 20.3 Å². The van der Waals surface area contributed by atoms with Crippen LogP contribution in [0.2, 0.25) is 0 Å². The molecule has 10 heteroatoms. The number of hydrogen-bond donors (Lipinski definition) is 1. The Morgan fingerprint density at radius 1 is 1.18 bits per heavy atom. The van der Waals surface area contributed by atoms with Gasteiger partial charge in [-0.1, -0.05) is 6.92 Å². The third-order valence-electron chi connectivity index (χ3n) is 6.68. The third-order valence-corrected chi connectivity index (χ3v) is 6.68. The van der Waals surface area contributed by atoms with Crippen LogP contribution in [0.5, 0.6) is 0 Å². The van der Waals surface area contributed by atoms with E-state index < -0.39 is 5.95 Å². The summed E-state index contributed by atoms with van der Waals surface area (Å²) in [5, 5.41) is 9.01. The average Bonchev–Trinajstić information content (AvgIpc) is 3.42. The van der Waals surface area contributed by atoms with Crippen LogP contribution in [-0.2, 0) is 9.53 Å². The smallest absolute Gasteiger partial charge is 0.239 e. The van der Waals surface area contributed by atoms with Gasteiger partial charge in [-0.2, -0.15) is 8.91 Å². The summed E-state index contributed by atoms with van der Waals surface area (Å²) in [5.74, 6) is 0.788. The molecular weight excluding hydrogens is 437 g/mol. The highest BCUT2D eigenvalue weighted by molar-refractivity contribution is 6.00. The maximum absolute atomic E-state index is 15.4. The van der Waals surface area contributed by atoms with Crippen LogP contribution in [0.4, 0.5) is 15.9 Å². The molecule has 1 amide bonds. The first kappa shape index (κ1) is 20.9. The first-order chi connectivity index (χ1) is 16.5. The lowest BCUT2D eigenvalue weighted by atomic mass is 10.1. The van der Waals surface area contributed by atoms with Crippen molar-refractivity contribution in [3.05, 3.63) is 42.2 Å². The minimum atomic E-state index is -0.462. The van der Waals surface area contributed by atoms with E-state index in [2.05, 4.69) is 32.3 Å². The van der Waals surface area contributed by atoms with Crippen molar-refractivity contribution in [3.8, 4) is 11.4 Å². The summed E-state index contributed by atoms with van der Waals surface area (Å²) in [7, 11) is 0. The summed E-state index contributed by atoms with van der Waals surface area (Å²) < 4.78 is 22.0. The van der Waals surface area contributed by atoms with Crippen molar-refractivity contribution in [2.24, 2.45) is 11.8 Å². The number of aromatic nitrogens is 5. The number of fused-ring (bicyclic) bond motifs is 2. The fourth-order valence-electron chi connectivity index (χ4n) is 4.48. The number of aryl methyl sites for hydroxylation is 1. The molecule has 1 aliphatic carbocycles. The molecule has 5 heterocycles.